The van der Waals surface area contributed by atoms with E-state index in [9.17, 15) is 43.2 Å². The fourth-order valence-electron chi connectivity index (χ4n) is 8.99. The van der Waals surface area contributed by atoms with E-state index in [1.807, 2.05) is 45.7 Å². The van der Waals surface area contributed by atoms with Gasteiger partial charge in [-0.3, -0.25) is 53.0 Å². The summed E-state index contributed by atoms with van der Waals surface area (Å²) in [4.78, 5) is 129. The van der Waals surface area contributed by atoms with Gasteiger partial charge in [-0.05, 0) is 76.6 Å². The number of nitrogens with one attached hydrogen (secondary N) is 6. The molecule has 3 heterocycles. The summed E-state index contributed by atoms with van der Waals surface area (Å²) < 4.78 is 11.6. The van der Waals surface area contributed by atoms with Gasteiger partial charge < -0.3 is 52.0 Å². The Morgan fingerprint density at radius 2 is 1.55 bits per heavy atom. The van der Waals surface area contributed by atoms with Crippen LogP contribution in [0.15, 0.2) is 47.9 Å². The first-order valence-corrected chi connectivity index (χ1v) is 27.2. The number of amides is 9. The topological polar surface area (TPSA) is 293 Å². The van der Waals surface area contributed by atoms with Gasteiger partial charge >= 0.3 is 0 Å². The summed E-state index contributed by atoms with van der Waals surface area (Å²) in [6.45, 7) is 10.5. The molecular formula is C53H81N11O11S. The molecule has 1 fully saturated rings. The summed E-state index contributed by atoms with van der Waals surface area (Å²) in [5, 5.41) is 18.7. The second kappa shape index (κ2) is 31.8. The van der Waals surface area contributed by atoms with Crippen molar-refractivity contribution in [3.8, 4) is 0 Å². The summed E-state index contributed by atoms with van der Waals surface area (Å²) in [5.74, 6) is -4.61. The van der Waals surface area contributed by atoms with Crippen LogP contribution < -0.4 is 37.6 Å². The average Bonchev–Trinajstić information content (AvgIpc) is 4.03. The van der Waals surface area contributed by atoms with Gasteiger partial charge in [-0.25, -0.2) is 4.98 Å². The maximum absolute atomic E-state index is 14.6. The van der Waals surface area contributed by atoms with E-state index < -0.39 is 77.7 Å². The normalized spacial score (nSPS) is 17.4. The first kappa shape index (κ1) is 62.4. The molecule has 2 aliphatic heterocycles. The Balaban J connectivity index is 1.41. The zero-order valence-corrected chi connectivity index (χ0v) is 46.2. The molecule has 22 nitrogen and oxygen atoms in total. The number of likely N-dealkylation sites (N-methyl/N-ethyl adjacent to an activating group) is 1. The zero-order valence-electron chi connectivity index (χ0n) is 45.4. The van der Waals surface area contributed by atoms with E-state index in [0.717, 1.165) is 48.4 Å². The van der Waals surface area contributed by atoms with Crippen LogP contribution in [0.3, 0.4) is 0 Å². The number of hydrogen-bond acceptors (Lipinski definition) is 15. The van der Waals surface area contributed by atoms with Crippen LogP contribution in [0, 0.1) is 11.8 Å². The Morgan fingerprint density at radius 1 is 0.868 bits per heavy atom. The van der Waals surface area contributed by atoms with E-state index in [2.05, 4.69) is 36.9 Å². The molecule has 2 aliphatic rings. The van der Waals surface area contributed by atoms with Gasteiger partial charge in [0.05, 0.1) is 6.04 Å². The number of carbonyl (C=O) groups excluding carboxylic acids is 9. The first-order valence-electron chi connectivity index (χ1n) is 26.4. The van der Waals surface area contributed by atoms with Crippen molar-refractivity contribution in [3.63, 3.8) is 0 Å². The Kier molecular flexibility index (Phi) is 26.1. The minimum atomic E-state index is -1.18. The maximum atomic E-state index is 14.6. The molecule has 1 saturated heterocycles. The number of unbranched alkanes of at least 4 members (excludes halogenated alkanes) is 1. The van der Waals surface area contributed by atoms with Crippen LogP contribution in [-0.4, -0.2) is 170 Å². The molecule has 0 aliphatic carbocycles. The van der Waals surface area contributed by atoms with Crippen molar-refractivity contribution in [2.45, 2.75) is 141 Å². The lowest BCUT2D eigenvalue weighted by Gasteiger charge is -2.39. The third-order valence-electron chi connectivity index (χ3n) is 13.8. The predicted octanol–water partition coefficient (Wildman–Crippen LogP) is 1.70. The molecule has 1 aromatic carbocycles. The SMILES string of the molecule is CC[C@H](C)[C@H](NC(=O)[C@H]1CCCCN1C)C(=O)N(COC)[C@H](C[C@@H](OC)c1nc(C(=O)N[C@@H](C)C(=O)N[C@@H](Cc2ccccc2)C(=O)N[C@@H](CCCCN)C(=O)NCCNC(=O)CCN2C(=O)C=CC2=O)cs1)C(C)C. The Bertz CT molecular complexity index is 2280. The van der Waals surface area contributed by atoms with Gasteiger partial charge in [-0.15, -0.1) is 11.3 Å². The number of aromatic nitrogens is 1. The van der Waals surface area contributed by atoms with Crippen molar-refractivity contribution in [2.75, 3.05) is 60.7 Å². The first-order chi connectivity index (χ1) is 36.3. The lowest BCUT2D eigenvalue weighted by atomic mass is 9.92. The molecule has 0 spiro atoms. The number of benzene rings is 1. The molecule has 0 saturated carbocycles. The molecular weight excluding hydrogens is 999 g/mol. The van der Waals surface area contributed by atoms with Gasteiger partial charge in [0, 0.05) is 76.7 Å². The van der Waals surface area contributed by atoms with Gasteiger partial charge in [-0.2, -0.15) is 0 Å². The van der Waals surface area contributed by atoms with E-state index in [1.54, 1.807) is 34.5 Å². The van der Waals surface area contributed by atoms with E-state index in [4.69, 9.17) is 15.2 Å². The lowest BCUT2D eigenvalue weighted by Crippen LogP contribution is -2.59. The molecule has 420 valence electrons. The highest BCUT2D eigenvalue weighted by atomic mass is 32.1. The molecule has 9 amide bonds. The summed E-state index contributed by atoms with van der Waals surface area (Å²) in [6.07, 6.45) is 6.46. The number of likely N-dealkylation sites (tertiary alicyclic amines) is 1. The van der Waals surface area contributed by atoms with Crippen LogP contribution in [0.25, 0.3) is 0 Å². The van der Waals surface area contributed by atoms with Crippen LogP contribution in [-0.2, 0) is 54.3 Å². The fourth-order valence-corrected chi connectivity index (χ4v) is 9.87. The van der Waals surface area contributed by atoms with Crippen molar-refractivity contribution >= 4 is 64.5 Å². The smallest absolute Gasteiger partial charge is 0.271 e. The van der Waals surface area contributed by atoms with Crippen LogP contribution in [0.4, 0.5) is 0 Å². The van der Waals surface area contributed by atoms with Crippen molar-refractivity contribution in [2.24, 2.45) is 17.6 Å². The number of imide groups is 1. The third kappa shape index (κ3) is 18.8. The van der Waals surface area contributed by atoms with Crippen molar-refractivity contribution in [1.82, 2.24) is 51.6 Å². The monoisotopic (exact) mass is 1080 g/mol. The van der Waals surface area contributed by atoms with E-state index >= 15 is 0 Å². The number of thiazole rings is 1. The van der Waals surface area contributed by atoms with E-state index in [1.165, 1.54) is 32.5 Å². The number of carbonyl (C=O) groups is 9. The standard InChI is InChI=1S/C53H81N11O11S/c1-9-34(4)46(61-51(72)40-20-14-16-27-62(40)6)53(73)64(32-74-7)41(33(2)3)30-42(75-8)52-60-39(31-76-52)50(71)57-35(5)47(68)59-38(29-36-17-11-10-12-18-36)49(70)58-37(19-13-15-24-54)48(69)56-26-25-55-43(65)23-28-63-44(66)21-22-45(63)67/h10-12,17-18,21-22,31,33-35,37-38,40-42,46H,9,13-16,19-20,23-30,32,54H2,1-8H3,(H,55,65)(H,56,69)(H,57,71)(H,58,70)(H,59,68)(H,61,72)/t34-,35-,37-,38-,40+,41+,42+,46-/m0/s1. The number of nitrogens with two attached hydrogens (primary N) is 1. The highest BCUT2D eigenvalue weighted by Gasteiger charge is 2.39. The Labute approximate surface area is 450 Å². The average molecular weight is 1080 g/mol. The summed E-state index contributed by atoms with van der Waals surface area (Å²) in [6, 6.07) is 4.07. The molecule has 8 N–H and O–H groups in total. The quantitative estimate of drug-likeness (QED) is 0.0312. The number of piperidine rings is 1. The molecule has 0 radical (unpaired) electrons. The van der Waals surface area contributed by atoms with Crippen LogP contribution in [0.1, 0.15) is 120 Å². The number of rotatable bonds is 32. The van der Waals surface area contributed by atoms with E-state index in [0.29, 0.717) is 30.8 Å². The van der Waals surface area contributed by atoms with Gasteiger partial charge in [0.15, 0.2) is 0 Å². The largest absolute Gasteiger partial charge is 0.374 e. The fraction of sp³-hybridized carbons (Fsp3) is 0.623. The maximum Gasteiger partial charge on any atom is 0.271 e. The third-order valence-corrected chi connectivity index (χ3v) is 14.7. The summed E-state index contributed by atoms with van der Waals surface area (Å²) in [7, 11) is 4.96. The van der Waals surface area contributed by atoms with Gasteiger partial charge in [-0.1, -0.05) is 70.9 Å². The van der Waals surface area contributed by atoms with Crippen LogP contribution >= 0.6 is 11.3 Å². The Hall–Kier alpha value is -6.14. The van der Waals surface area contributed by atoms with Crippen molar-refractivity contribution < 1.29 is 52.6 Å². The van der Waals surface area contributed by atoms with Gasteiger partial charge in [0.1, 0.15) is 47.7 Å². The zero-order chi connectivity index (χ0) is 55.9. The summed E-state index contributed by atoms with van der Waals surface area (Å²) in [5.41, 5.74) is 6.47. The molecule has 1 aromatic heterocycles. The van der Waals surface area contributed by atoms with Crippen molar-refractivity contribution in [3.05, 3.63) is 64.1 Å². The second-order valence-electron chi connectivity index (χ2n) is 19.8. The number of hydrogen-bond donors (Lipinski definition) is 7. The molecule has 8 atom stereocenters. The van der Waals surface area contributed by atoms with Crippen molar-refractivity contribution in [1.29, 1.82) is 0 Å². The molecule has 76 heavy (non-hydrogen) atoms. The number of ether oxygens (including phenoxy) is 2. The minimum Gasteiger partial charge on any atom is -0.374 e. The van der Waals surface area contributed by atoms with Gasteiger partial charge in [0.2, 0.25) is 35.4 Å². The van der Waals surface area contributed by atoms with E-state index in [-0.39, 0.29) is 87.4 Å². The predicted molar refractivity (Wildman–Crippen MR) is 286 cm³/mol. The molecule has 0 unspecified atom stereocenters. The lowest BCUT2D eigenvalue weighted by molar-refractivity contribution is -0.148. The number of nitrogens with zero attached hydrogens (tertiary/aromatic N) is 4. The highest BCUT2D eigenvalue weighted by molar-refractivity contribution is 7.09. The Morgan fingerprint density at radius 3 is 2.18 bits per heavy atom. The highest BCUT2D eigenvalue weighted by Crippen LogP contribution is 2.31. The molecule has 0 bridgehead atoms. The molecule has 2 aromatic rings. The second-order valence-corrected chi connectivity index (χ2v) is 20.7. The van der Waals surface area contributed by atoms with Crippen LogP contribution in [0.5, 0.6) is 0 Å². The number of methoxy groups -OCH3 is 2. The van der Waals surface area contributed by atoms with Gasteiger partial charge in [0.25, 0.3) is 17.7 Å². The molecule has 23 heteroatoms. The molecule has 4 rings (SSSR count). The van der Waals surface area contributed by atoms with Crippen LogP contribution in [0.2, 0.25) is 0 Å². The minimum absolute atomic E-state index is 0.0110. The summed E-state index contributed by atoms with van der Waals surface area (Å²) >= 11 is 1.19.